The molecule has 0 radical (unpaired) electrons. The molecule has 1 aromatic rings. The van der Waals surface area contributed by atoms with E-state index in [4.69, 9.17) is 14.2 Å². The van der Waals surface area contributed by atoms with Crippen LogP contribution in [0.5, 0.6) is 11.5 Å². The van der Waals surface area contributed by atoms with Crippen molar-refractivity contribution in [3.05, 3.63) is 23.8 Å². The molecule has 0 aromatic heterocycles. The normalized spacial score (nSPS) is 27.5. The van der Waals surface area contributed by atoms with Crippen LogP contribution in [0.25, 0.3) is 0 Å². The summed E-state index contributed by atoms with van der Waals surface area (Å²) in [5, 5.41) is 0. The molecule has 2 heterocycles. The summed E-state index contributed by atoms with van der Waals surface area (Å²) in [4.78, 5) is 10.9. The first-order valence-electron chi connectivity index (χ1n) is 5.64. The number of hydrogen-bond acceptors (Lipinski definition) is 4. The average Bonchev–Trinajstić information content (AvgIpc) is 2.95. The summed E-state index contributed by atoms with van der Waals surface area (Å²) in [5.41, 5.74) is 0.706. The van der Waals surface area contributed by atoms with Crippen LogP contribution >= 0.6 is 0 Å². The van der Waals surface area contributed by atoms with Crippen molar-refractivity contribution in [1.29, 1.82) is 0 Å². The fraction of sp³-hybridized carbons (Fsp3) is 0.462. The molecular weight excluding hydrogens is 220 g/mol. The van der Waals surface area contributed by atoms with Gasteiger partial charge in [0.25, 0.3) is 0 Å². The molecule has 1 saturated heterocycles. The summed E-state index contributed by atoms with van der Waals surface area (Å²) >= 11 is 0. The summed E-state index contributed by atoms with van der Waals surface area (Å²) in [6.45, 7) is 5.38. The molecule has 2 atom stereocenters. The molecule has 0 N–H and O–H groups in total. The molecular formula is C13H14O4. The van der Waals surface area contributed by atoms with E-state index in [-0.39, 0.29) is 23.8 Å². The van der Waals surface area contributed by atoms with Crippen molar-refractivity contribution >= 4 is 5.97 Å². The molecule has 17 heavy (non-hydrogen) atoms. The molecule has 4 heteroatoms. The van der Waals surface area contributed by atoms with Crippen LogP contribution in [0, 0.1) is 0 Å². The van der Waals surface area contributed by atoms with E-state index in [0.717, 1.165) is 11.3 Å². The monoisotopic (exact) mass is 234 g/mol. The van der Waals surface area contributed by atoms with Gasteiger partial charge in [-0.05, 0) is 26.0 Å². The zero-order chi connectivity index (χ0) is 12.2. The van der Waals surface area contributed by atoms with E-state index in [1.54, 1.807) is 12.1 Å². The van der Waals surface area contributed by atoms with Gasteiger partial charge in [-0.15, -0.1) is 0 Å². The van der Waals surface area contributed by atoms with E-state index < -0.39 is 0 Å². The quantitative estimate of drug-likeness (QED) is 0.424. The van der Waals surface area contributed by atoms with Crippen LogP contribution in [0.1, 0.15) is 32.4 Å². The van der Waals surface area contributed by atoms with Crippen LogP contribution in [-0.2, 0) is 9.53 Å². The SMILES string of the molecule is CC(=O)Oc1ccc2c(c1)OC(C)(C)[C@H]1O[C@@H]21. The Morgan fingerprint density at radius 1 is 1.41 bits per heavy atom. The van der Waals surface area contributed by atoms with Gasteiger partial charge in [0, 0.05) is 18.6 Å². The van der Waals surface area contributed by atoms with Crippen molar-refractivity contribution in [2.45, 2.75) is 38.6 Å². The molecule has 2 aliphatic heterocycles. The van der Waals surface area contributed by atoms with Crippen LogP contribution in [0.4, 0.5) is 0 Å². The van der Waals surface area contributed by atoms with Gasteiger partial charge in [-0.25, -0.2) is 0 Å². The summed E-state index contributed by atoms with van der Waals surface area (Å²) in [6.07, 6.45) is 0.259. The molecule has 0 unspecified atom stereocenters. The first-order chi connectivity index (χ1) is 7.97. The van der Waals surface area contributed by atoms with Gasteiger partial charge in [0.1, 0.15) is 29.3 Å². The molecule has 0 saturated carbocycles. The molecule has 0 spiro atoms. The third-order valence-electron chi connectivity index (χ3n) is 3.10. The van der Waals surface area contributed by atoms with Crippen molar-refractivity contribution in [3.8, 4) is 11.5 Å². The number of carbonyl (C=O) groups excluding carboxylic acids is 1. The minimum absolute atomic E-state index is 0.125. The lowest BCUT2D eigenvalue weighted by Gasteiger charge is -2.29. The molecule has 0 amide bonds. The van der Waals surface area contributed by atoms with Gasteiger partial charge in [0.05, 0.1) is 0 Å². The van der Waals surface area contributed by atoms with Gasteiger partial charge >= 0.3 is 5.97 Å². The molecule has 1 aromatic carbocycles. The van der Waals surface area contributed by atoms with E-state index in [1.807, 2.05) is 19.9 Å². The number of ether oxygens (including phenoxy) is 3. The zero-order valence-corrected chi connectivity index (χ0v) is 10.0. The number of rotatable bonds is 1. The largest absolute Gasteiger partial charge is 0.484 e. The van der Waals surface area contributed by atoms with E-state index in [9.17, 15) is 4.79 Å². The number of epoxide rings is 1. The van der Waals surface area contributed by atoms with Crippen LogP contribution in [0.15, 0.2) is 18.2 Å². The standard InChI is InChI=1S/C13H14O4/c1-7(14)15-8-4-5-9-10(6-8)17-13(2,3)12-11(9)16-12/h4-6,11-12H,1-3H3/t11-,12-/m0/s1. The number of hydrogen-bond donors (Lipinski definition) is 0. The number of fused-ring (bicyclic) bond motifs is 3. The molecule has 4 nitrogen and oxygen atoms in total. The minimum Gasteiger partial charge on any atom is -0.484 e. The highest BCUT2D eigenvalue weighted by Crippen LogP contribution is 2.54. The van der Waals surface area contributed by atoms with E-state index >= 15 is 0 Å². The summed E-state index contributed by atoms with van der Waals surface area (Å²) < 4.78 is 16.5. The maximum Gasteiger partial charge on any atom is 0.308 e. The molecule has 1 fully saturated rings. The van der Waals surface area contributed by atoms with Gasteiger partial charge in [-0.1, -0.05) is 0 Å². The third-order valence-corrected chi connectivity index (χ3v) is 3.10. The maximum absolute atomic E-state index is 10.9. The first kappa shape index (κ1) is 10.6. The van der Waals surface area contributed by atoms with Gasteiger partial charge in [0.2, 0.25) is 0 Å². The fourth-order valence-corrected chi connectivity index (χ4v) is 2.29. The lowest BCUT2D eigenvalue weighted by molar-refractivity contribution is -0.131. The van der Waals surface area contributed by atoms with Crippen molar-refractivity contribution in [3.63, 3.8) is 0 Å². The van der Waals surface area contributed by atoms with Crippen molar-refractivity contribution in [2.24, 2.45) is 0 Å². The van der Waals surface area contributed by atoms with Gasteiger partial charge < -0.3 is 14.2 Å². The van der Waals surface area contributed by atoms with Crippen LogP contribution < -0.4 is 9.47 Å². The van der Waals surface area contributed by atoms with Crippen molar-refractivity contribution in [1.82, 2.24) is 0 Å². The molecule has 3 rings (SSSR count). The Hall–Kier alpha value is -1.55. The Bertz CT molecular complexity index is 492. The van der Waals surface area contributed by atoms with Gasteiger partial charge in [-0.3, -0.25) is 4.79 Å². The smallest absolute Gasteiger partial charge is 0.308 e. The Labute approximate surface area is 99.5 Å². The van der Waals surface area contributed by atoms with Crippen molar-refractivity contribution < 1.29 is 19.0 Å². The second kappa shape index (κ2) is 3.23. The Morgan fingerprint density at radius 3 is 2.88 bits per heavy atom. The highest BCUT2D eigenvalue weighted by molar-refractivity contribution is 5.69. The number of carbonyl (C=O) groups is 1. The Kier molecular flexibility index (Phi) is 2.01. The average molecular weight is 234 g/mol. The van der Waals surface area contributed by atoms with E-state index in [0.29, 0.717) is 5.75 Å². The van der Waals surface area contributed by atoms with E-state index in [2.05, 4.69) is 0 Å². The Balaban J connectivity index is 1.96. The van der Waals surface area contributed by atoms with E-state index in [1.165, 1.54) is 6.92 Å². The van der Waals surface area contributed by atoms with Crippen LogP contribution in [0.3, 0.4) is 0 Å². The van der Waals surface area contributed by atoms with Crippen LogP contribution in [0.2, 0.25) is 0 Å². The first-order valence-corrected chi connectivity index (χ1v) is 5.64. The number of benzene rings is 1. The highest BCUT2D eigenvalue weighted by Gasteiger charge is 2.56. The van der Waals surface area contributed by atoms with Crippen LogP contribution in [-0.4, -0.2) is 17.7 Å². The molecule has 90 valence electrons. The third kappa shape index (κ3) is 1.69. The second-order valence-corrected chi connectivity index (χ2v) is 4.98. The van der Waals surface area contributed by atoms with Crippen molar-refractivity contribution in [2.75, 3.05) is 0 Å². The Morgan fingerprint density at radius 2 is 2.18 bits per heavy atom. The highest BCUT2D eigenvalue weighted by atomic mass is 16.6. The molecule has 2 aliphatic rings. The summed E-state index contributed by atoms with van der Waals surface area (Å²) in [7, 11) is 0. The predicted octanol–water partition coefficient (Wildman–Crippen LogP) is 2.22. The minimum atomic E-state index is -0.333. The van der Waals surface area contributed by atoms with Gasteiger partial charge in [0.15, 0.2) is 0 Å². The lowest BCUT2D eigenvalue weighted by atomic mass is 9.94. The summed E-state index contributed by atoms with van der Waals surface area (Å²) in [6, 6.07) is 5.41. The predicted molar refractivity (Wildman–Crippen MR) is 60.1 cm³/mol. The lowest BCUT2D eigenvalue weighted by Crippen LogP contribution is -2.37. The summed E-state index contributed by atoms with van der Waals surface area (Å²) in [5.74, 6) is 0.916. The molecule has 0 bridgehead atoms. The van der Waals surface area contributed by atoms with Gasteiger partial charge in [-0.2, -0.15) is 0 Å². The fourth-order valence-electron chi connectivity index (χ4n) is 2.29. The zero-order valence-electron chi connectivity index (χ0n) is 10.0. The molecule has 0 aliphatic carbocycles. The topological polar surface area (TPSA) is 48.1 Å². The number of esters is 1. The maximum atomic E-state index is 10.9. The second-order valence-electron chi connectivity index (χ2n) is 4.98.